The standard InChI is InChI=1S/C13H8Cl3N3/c14-9-5-7(6-10(15)13(9)16)8-1-2-12(18)19-11(8)3-4-17/h1-2,5-6H,3H2,(H2,18,19). The molecule has 0 amide bonds. The minimum atomic E-state index is 0.151. The first kappa shape index (κ1) is 14.0. The minimum Gasteiger partial charge on any atom is -0.384 e. The van der Waals surface area contributed by atoms with Crippen molar-refractivity contribution in [2.75, 3.05) is 5.73 Å². The smallest absolute Gasteiger partial charge is 0.123 e. The Kier molecular flexibility index (Phi) is 4.16. The number of pyridine rings is 1. The number of nitrogens with two attached hydrogens (primary N) is 1. The van der Waals surface area contributed by atoms with Crippen molar-refractivity contribution in [1.82, 2.24) is 4.98 Å². The fourth-order valence-electron chi connectivity index (χ4n) is 1.70. The van der Waals surface area contributed by atoms with E-state index in [-0.39, 0.29) is 6.42 Å². The van der Waals surface area contributed by atoms with Gasteiger partial charge < -0.3 is 5.73 Å². The molecule has 0 aliphatic carbocycles. The Hall–Kier alpha value is -1.47. The van der Waals surface area contributed by atoms with Gasteiger partial charge in [0.1, 0.15) is 5.82 Å². The molecule has 6 heteroatoms. The van der Waals surface area contributed by atoms with E-state index < -0.39 is 0 Å². The highest BCUT2D eigenvalue weighted by Crippen LogP contribution is 2.36. The maximum atomic E-state index is 8.83. The first-order valence-corrected chi connectivity index (χ1v) is 6.43. The van der Waals surface area contributed by atoms with E-state index in [0.717, 1.165) is 11.1 Å². The lowest BCUT2D eigenvalue weighted by molar-refractivity contribution is 1.13. The normalized spacial score (nSPS) is 10.2. The van der Waals surface area contributed by atoms with Gasteiger partial charge in [0.15, 0.2) is 0 Å². The van der Waals surface area contributed by atoms with Gasteiger partial charge in [-0.1, -0.05) is 34.8 Å². The van der Waals surface area contributed by atoms with Gasteiger partial charge in [-0.25, -0.2) is 4.98 Å². The average molecular weight is 313 g/mol. The van der Waals surface area contributed by atoms with Crippen molar-refractivity contribution in [1.29, 1.82) is 5.26 Å². The summed E-state index contributed by atoms with van der Waals surface area (Å²) in [5.41, 5.74) is 7.71. The maximum absolute atomic E-state index is 8.83. The zero-order valence-corrected chi connectivity index (χ0v) is 11.9. The van der Waals surface area contributed by atoms with E-state index in [1.54, 1.807) is 24.3 Å². The van der Waals surface area contributed by atoms with Crippen LogP contribution in [0.2, 0.25) is 15.1 Å². The van der Waals surface area contributed by atoms with Gasteiger partial charge in [0, 0.05) is 5.56 Å². The van der Waals surface area contributed by atoms with Gasteiger partial charge in [-0.15, -0.1) is 0 Å². The van der Waals surface area contributed by atoms with Crippen molar-refractivity contribution < 1.29 is 0 Å². The fraction of sp³-hybridized carbons (Fsp3) is 0.0769. The van der Waals surface area contributed by atoms with Crippen molar-refractivity contribution in [2.45, 2.75) is 6.42 Å². The first-order valence-electron chi connectivity index (χ1n) is 5.30. The monoisotopic (exact) mass is 311 g/mol. The zero-order chi connectivity index (χ0) is 14.0. The van der Waals surface area contributed by atoms with E-state index in [1.165, 1.54) is 0 Å². The van der Waals surface area contributed by atoms with Gasteiger partial charge in [-0.05, 0) is 29.8 Å². The summed E-state index contributed by atoms with van der Waals surface area (Å²) in [5.74, 6) is 0.361. The zero-order valence-electron chi connectivity index (χ0n) is 9.62. The van der Waals surface area contributed by atoms with E-state index in [4.69, 9.17) is 45.8 Å². The highest BCUT2D eigenvalue weighted by atomic mass is 35.5. The van der Waals surface area contributed by atoms with Gasteiger partial charge >= 0.3 is 0 Å². The van der Waals surface area contributed by atoms with Crippen LogP contribution < -0.4 is 5.73 Å². The molecule has 0 atom stereocenters. The fourth-order valence-corrected chi connectivity index (χ4v) is 2.30. The van der Waals surface area contributed by atoms with Crippen LogP contribution in [0, 0.1) is 11.3 Å². The Morgan fingerprint density at radius 3 is 2.37 bits per heavy atom. The number of hydrogen-bond donors (Lipinski definition) is 1. The van der Waals surface area contributed by atoms with Crippen LogP contribution in [0.25, 0.3) is 11.1 Å². The Bertz CT molecular complexity index is 654. The van der Waals surface area contributed by atoms with Gasteiger partial charge in [0.2, 0.25) is 0 Å². The predicted octanol–water partition coefficient (Wildman–Crippen LogP) is 4.36. The SMILES string of the molecule is N#CCc1nc(N)ccc1-c1cc(Cl)c(Cl)c(Cl)c1. The molecule has 0 unspecified atom stereocenters. The molecule has 0 spiro atoms. The number of halogens is 3. The van der Waals surface area contributed by atoms with E-state index in [2.05, 4.69) is 11.1 Å². The van der Waals surface area contributed by atoms with E-state index >= 15 is 0 Å². The van der Waals surface area contributed by atoms with Gasteiger partial charge in [-0.3, -0.25) is 0 Å². The Labute approximate surface area is 125 Å². The van der Waals surface area contributed by atoms with Crippen molar-refractivity contribution in [2.24, 2.45) is 0 Å². The van der Waals surface area contributed by atoms with E-state index in [0.29, 0.717) is 26.6 Å². The number of anilines is 1. The number of hydrogen-bond acceptors (Lipinski definition) is 3. The second kappa shape index (κ2) is 5.66. The molecule has 0 fully saturated rings. The molecule has 19 heavy (non-hydrogen) atoms. The van der Waals surface area contributed by atoms with Gasteiger partial charge in [-0.2, -0.15) is 5.26 Å². The van der Waals surface area contributed by atoms with Crippen LogP contribution in [0.15, 0.2) is 24.3 Å². The Morgan fingerprint density at radius 2 is 1.79 bits per heavy atom. The summed E-state index contributed by atoms with van der Waals surface area (Å²) in [6, 6.07) is 8.86. The van der Waals surface area contributed by atoms with Crippen LogP contribution in [-0.2, 0) is 6.42 Å². The first-order chi connectivity index (χ1) is 9.02. The summed E-state index contributed by atoms with van der Waals surface area (Å²) >= 11 is 17.9. The number of benzene rings is 1. The van der Waals surface area contributed by atoms with Crippen LogP contribution in [-0.4, -0.2) is 4.98 Å². The second-order valence-electron chi connectivity index (χ2n) is 3.82. The molecule has 1 aromatic heterocycles. The van der Waals surface area contributed by atoms with Crippen molar-refractivity contribution in [3.8, 4) is 17.2 Å². The highest BCUT2D eigenvalue weighted by molar-refractivity contribution is 6.48. The quantitative estimate of drug-likeness (QED) is 0.838. The molecule has 0 bridgehead atoms. The summed E-state index contributed by atoms with van der Waals surface area (Å²) < 4.78 is 0. The number of nitrogen functional groups attached to an aromatic ring is 1. The lowest BCUT2D eigenvalue weighted by atomic mass is 10.0. The third kappa shape index (κ3) is 2.93. The molecule has 96 valence electrons. The van der Waals surface area contributed by atoms with Gasteiger partial charge in [0.05, 0.1) is 33.3 Å². The molecule has 0 aliphatic heterocycles. The molecule has 0 saturated carbocycles. The van der Waals surface area contributed by atoms with Gasteiger partial charge in [0.25, 0.3) is 0 Å². The third-order valence-electron chi connectivity index (χ3n) is 2.54. The molecule has 2 N–H and O–H groups in total. The number of nitriles is 1. The predicted molar refractivity (Wildman–Crippen MR) is 78.4 cm³/mol. The summed E-state index contributed by atoms with van der Waals surface area (Å²) in [4.78, 5) is 4.16. The van der Waals surface area contributed by atoms with Crippen LogP contribution in [0.4, 0.5) is 5.82 Å². The largest absolute Gasteiger partial charge is 0.384 e. The maximum Gasteiger partial charge on any atom is 0.123 e. The minimum absolute atomic E-state index is 0.151. The molecule has 2 aromatic rings. The Balaban J connectivity index is 2.62. The molecule has 0 aliphatic rings. The number of rotatable bonds is 2. The molecule has 1 heterocycles. The Morgan fingerprint density at radius 1 is 1.16 bits per heavy atom. The second-order valence-corrected chi connectivity index (χ2v) is 5.01. The molecule has 3 nitrogen and oxygen atoms in total. The third-order valence-corrected chi connectivity index (χ3v) is 3.73. The highest BCUT2D eigenvalue weighted by Gasteiger charge is 2.11. The molecule has 1 aromatic carbocycles. The summed E-state index contributed by atoms with van der Waals surface area (Å²) in [6.45, 7) is 0. The van der Waals surface area contributed by atoms with Crippen LogP contribution in [0.5, 0.6) is 0 Å². The van der Waals surface area contributed by atoms with Crippen LogP contribution in [0.1, 0.15) is 5.69 Å². The summed E-state index contributed by atoms with van der Waals surface area (Å²) in [7, 11) is 0. The number of aromatic nitrogens is 1. The summed E-state index contributed by atoms with van der Waals surface area (Å²) in [5, 5.41) is 9.84. The summed E-state index contributed by atoms with van der Waals surface area (Å²) in [6.07, 6.45) is 0.151. The lowest BCUT2D eigenvalue weighted by Crippen LogP contribution is -1.98. The van der Waals surface area contributed by atoms with Crippen molar-refractivity contribution in [3.63, 3.8) is 0 Å². The van der Waals surface area contributed by atoms with Crippen molar-refractivity contribution >= 4 is 40.6 Å². The van der Waals surface area contributed by atoms with Crippen LogP contribution in [0.3, 0.4) is 0 Å². The van der Waals surface area contributed by atoms with E-state index in [9.17, 15) is 0 Å². The topological polar surface area (TPSA) is 62.7 Å². The average Bonchev–Trinajstić information content (AvgIpc) is 2.36. The molecule has 2 rings (SSSR count). The van der Waals surface area contributed by atoms with Crippen molar-refractivity contribution in [3.05, 3.63) is 45.0 Å². The van der Waals surface area contributed by atoms with Crippen LogP contribution >= 0.6 is 34.8 Å². The molecular weight excluding hydrogens is 305 g/mol. The molecule has 0 saturated heterocycles. The van der Waals surface area contributed by atoms with E-state index in [1.807, 2.05) is 0 Å². The lowest BCUT2D eigenvalue weighted by Gasteiger charge is -2.09. The molecular formula is C13H8Cl3N3. The molecule has 0 radical (unpaired) electrons. The number of nitrogens with zero attached hydrogens (tertiary/aromatic N) is 2.